The summed E-state index contributed by atoms with van der Waals surface area (Å²) < 4.78 is 0.798. The Morgan fingerprint density at radius 3 is 2.81 bits per heavy atom. The van der Waals surface area contributed by atoms with Crippen molar-refractivity contribution in [3.8, 4) is 0 Å². The molecule has 0 bridgehead atoms. The van der Waals surface area contributed by atoms with Crippen molar-refractivity contribution in [3.05, 3.63) is 34.3 Å². The predicted octanol–water partition coefficient (Wildman–Crippen LogP) is 0.857. The summed E-state index contributed by atoms with van der Waals surface area (Å²) in [5.41, 5.74) is 2.62. The Kier molecular flexibility index (Phi) is 4.94. The highest BCUT2D eigenvalue weighted by molar-refractivity contribution is 9.10. The molecule has 5 nitrogen and oxygen atoms in total. The lowest BCUT2D eigenvalue weighted by molar-refractivity contribution is -0.126. The molecule has 0 saturated carbocycles. The van der Waals surface area contributed by atoms with Crippen molar-refractivity contribution in [2.45, 2.75) is 0 Å². The van der Waals surface area contributed by atoms with Gasteiger partial charge in [-0.05, 0) is 18.2 Å². The van der Waals surface area contributed by atoms with E-state index in [9.17, 15) is 9.59 Å². The molecule has 0 fully saturated rings. The van der Waals surface area contributed by atoms with E-state index in [2.05, 4.69) is 26.7 Å². The lowest BCUT2D eigenvalue weighted by Crippen LogP contribution is -2.31. The first-order valence-electron chi connectivity index (χ1n) is 4.51. The Morgan fingerprint density at radius 1 is 1.44 bits per heavy atom. The fourth-order valence-electron chi connectivity index (χ4n) is 0.928. The molecule has 0 aliphatic carbocycles. The zero-order valence-electron chi connectivity index (χ0n) is 8.62. The minimum absolute atomic E-state index is 0.212. The Morgan fingerprint density at radius 2 is 2.19 bits per heavy atom. The van der Waals surface area contributed by atoms with Gasteiger partial charge in [0.15, 0.2) is 6.61 Å². The molecule has 0 spiro atoms. The minimum Gasteiger partial charge on any atom is -0.357 e. The second kappa shape index (κ2) is 6.24. The van der Waals surface area contributed by atoms with E-state index in [1.54, 1.807) is 18.2 Å². The average Bonchev–Trinajstić information content (AvgIpc) is 2.28. The summed E-state index contributed by atoms with van der Waals surface area (Å²) in [6.45, 7) is -0.212. The van der Waals surface area contributed by atoms with Gasteiger partial charge in [0.25, 0.3) is 5.91 Å². The van der Waals surface area contributed by atoms with Gasteiger partial charge in [0.2, 0.25) is 5.91 Å². The molecule has 0 unspecified atom stereocenters. The van der Waals surface area contributed by atoms with Crippen LogP contribution in [0.25, 0.3) is 0 Å². The SMILES string of the molecule is CNC(=O)CONC(=O)c1cccc(Br)c1. The van der Waals surface area contributed by atoms with E-state index < -0.39 is 5.91 Å². The van der Waals surface area contributed by atoms with Crippen molar-refractivity contribution in [2.24, 2.45) is 0 Å². The Bertz CT molecular complexity index is 395. The Labute approximate surface area is 101 Å². The summed E-state index contributed by atoms with van der Waals surface area (Å²) in [5.74, 6) is -0.709. The highest BCUT2D eigenvalue weighted by Crippen LogP contribution is 2.11. The maximum Gasteiger partial charge on any atom is 0.274 e. The number of hydrogen-bond donors (Lipinski definition) is 2. The number of hydroxylamine groups is 1. The van der Waals surface area contributed by atoms with Gasteiger partial charge < -0.3 is 5.32 Å². The van der Waals surface area contributed by atoms with E-state index in [0.717, 1.165) is 4.47 Å². The largest absolute Gasteiger partial charge is 0.357 e. The van der Waals surface area contributed by atoms with Gasteiger partial charge in [-0.2, -0.15) is 0 Å². The third-order valence-corrected chi connectivity index (χ3v) is 2.23. The highest BCUT2D eigenvalue weighted by atomic mass is 79.9. The zero-order chi connectivity index (χ0) is 12.0. The van der Waals surface area contributed by atoms with Crippen LogP contribution in [0.3, 0.4) is 0 Å². The second-order valence-electron chi connectivity index (χ2n) is 2.90. The molecule has 1 aromatic carbocycles. The van der Waals surface area contributed by atoms with E-state index in [1.165, 1.54) is 7.05 Å². The average molecular weight is 287 g/mol. The molecule has 1 aromatic rings. The monoisotopic (exact) mass is 286 g/mol. The first-order valence-corrected chi connectivity index (χ1v) is 5.31. The van der Waals surface area contributed by atoms with E-state index in [0.29, 0.717) is 5.56 Å². The van der Waals surface area contributed by atoms with Crippen molar-refractivity contribution in [1.29, 1.82) is 0 Å². The van der Waals surface area contributed by atoms with E-state index in [-0.39, 0.29) is 12.5 Å². The van der Waals surface area contributed by atoms with E-state index in [1.807, 2.05) is 6.07 Å². The molecule has 16 heavy (non-hydrogen) atoms. The molecule has 1 rings (SSSR count). The van der Waals surface area contributed by atoms with Gasteiger partial charge in [0.05, 0.1) is 0 Å². The molecule has 0 saturated heterocycles. The normalized spacial score (nSPS) is 9.62. The van der Waals surface area contributed by atoms with Crippen molar-refractivity contribution < 1.29 is 14.4 Å². The van der Waals surface area contributed by atoms with Gasteiger partial charge in [0, 0.05) is 17.1 Å². The molecule has 6 heteroatoms. The number of hydrogen-bond acceptors (Lipinski definition) is 3. The topological polar surface area (TPSA) is 67.4 Å². The van der Waals surface area contributed by atoms with Gasteiger partial charge in [-0.1, -0.05) is 22.0 Å². The fraction of sp³-hybridized carbons (Fsp3) is 0.200. The summed E-state index contributed by atoms with van der Waals surface area (Å²) in [6, 6.07) is 6.84. The number of carbonyl (C=O) groups is 2. The van der Waals surface area contributed by atoms with Crippen molar-refractivity contribution >= 4 is 27.7 Å². The zero-order valence-corrected chi connectivity index (χ0v) is 10.2. The van der Waals surface area contributed by atoms with Gasteiger partial charge in [-0.15, -0.1) is 0 Å². The molecule has 0 radical (unpaired) electrons. The van der Waals surface area contributed by atoms with Crippen LogP contribution >= 0.6 is 15.9 Å². The van der Waals surface area contributed by atoms with Gasteiger partial charge in [-0.3, -0.25) is 14.4 Å². The number of rotatable bonds is 4. The van der Waals surface area contributed by atoms with Crippen LogP contribution in [0, 0.1) is 0 Å². The Balaban J connectivity index is 2.44. The number of carbonyl (C=O) groups excluding carboxylic acids is 2. The fourth-order valence-corrected chi connectivity index (χ4v) is 1.33. The van der Waals surface area contributed by atoms with Gasteiger partial charge in [0.1, 0.15) is 0 Å². The minimum atomic E-state index is -0.398. The summed E-state index contributed by atoms with van der Waals surface area (Å²) in [7, 11) is 1.49. The first kappa shape index (κ1) is 12.7. The van der Waals surface area contributed by atoms with Crippen LogP contribution in [0.1, 0.15) is 10.4 Å². The van der Waals surface area contributed by atoms with E-state index >= 15 is 0 Å². The molecule has 0 heterocycles. The van der Waals surface area contributed by atoms with Crippen LogP contribution in [-0.2, 0) is 9.63 Å². The number of amides is 2. The maximum atomic E-state index is 11.5. The standard InChI is InChI=1S/C10H11BrN2O3/c1-12-9(14)6-16-13-10(15)7-3-2-4-8(11)5-7/h2-5H,6H2,1H3,(H,12,14)(H,13,15). The lowest BCUT2D eigenvalue weighted by Gasteiger charge is -2.05. The number of likely N-dealkylation sites (N-methyl/N-ethyl adjacent to an activating group) is 1. The third-order valence-electron chi connectivity index (χ3n) is 1.73. The van der Waals surface area contributed by atoms with Crippen molar-refractivity contribution in [3.63, 3.8) is 0 Å². The summed E-state index contributed by atoms with van der Waals surface area (Å²) in [6.07, 6.45) is 0. The molecule has 0 aliphatic rings. The summed E-state index contributed by atoms with van der Waals surface area (Å²) in [5, 5.41) is 2.36. The first-order chi connectivity index (χ1) is 7.63. The lowest BCUT2D eigenvalue weighted by atomic mass is 10.2. The molecule has 86 valence electrons. The number of benzene rings is 1. The molecule has 2 amide bonds. The maximum absolute atomic E-state index is 11.5. The molecular formula is C10H11BrN2O3. The summed E-state index contributed by atoms with van der Waals surface area (Å²) >= 11 is 3.25. The molecular weight excluding hydrogens is 276 g/mol. The van der Waals surface area contributed by atoms with E-state index in [4.69, 9.17) is 4.84 Å². The van der Waals surface area contributed by atoms with Crippen LogP contribution in [0.4, 0.5) is 0 Å². The number of halogens is 1. The van der Waals surface area contributed by atoms with Crippen LogP contribution in [0.15, 0.2) is 28.7 Å². The van der Waals surface area contributed by atoms with Crippen LogP contribution in [0.2, 0.25) is 0 Å². The van der Waals surface area contributed by atoms with Crippen LogP contribution in [0.5, 0.6) is 0 Å². The quantitative estimate of drug-likeness (QED) is 0.807. The molecule has 2 N–H and O–H groups in total. The Hall–Kier alpha value is -1.40. The molecule has 0 aromatic heterocycles. The van der Waals surface area contributed by atoms with Crippen LogP contribution < -0.4 is 10.8 Å². The van der Waals surface area contributed by atoms with Crippen molar-refractivity contribution in [2.75, 3.05) is 13.7 Å². The predicted molar refractivity (Wildman–Crippen MR) is 61.6 cm³/mol. The summed E-state index contributed by atoms with van der Waals surface area (Å²) in [4.78, 5) is 27.0. The smallest absolute Gasteiger partial charge is 0.274 e. The molecule has 0 atom stereocenters. The molecule has 0 aliphatic heterocycles. The van der Waals surface area contributed by atoms with Crippen molar-refractivity contribution in [1.82, 2.24) is 10.8 Å². The van der Waals surface area contributed by atoms with Crippen LogP contribution in [-0.4, -0.2) is 25.5 Å². The third kappa shape index (κ3) is 4.00. The highest BCUT2D eigenvalue weighted by Gasteiger charge is 2.06. The van der Waals surface area contributed by atoms with Gasteiger partial charge in [-0.25, -0.2) is 5.48 Å². The second-order valence-corrected chi connectivity index (χ2v) is 3.82. The number of nitrogens with one attached hydrogen (secondary N) is 2. The van der Waals surface area contributed by atoms with Gasteiger partial charge >= 0.3 is 0 Å².